The molecule has 3 aliphatic rings. The predicted octanol–water partition coefficient (Wildman–Crippen LogP) is 5.24. The second-order valence-corrected chi connectivity index (χ2v) is 11.2. The van der Waals surface area contributed by atoms with E-state index in [0.29, 0.717) is 72.0 Å². The number of methoxy groups -OCH3 is 1. The molecule has 4 heterocycles. The van der Waals surface area contributed by atoms with Gasteiger partial charge < -0.3 is 14.5 Å². The van der Waals surface area contributed by atoms with Gasteiger partial charge in [-0.2, -0.15) is 18.3 Å². The summed E-state index contributed by atoms with van der Waals surface area (Å²) in [6.45, 7) is 4.37. The van der Waals surface area contributed by atoms with Crippen LogP contribution in [0.3, 0.4) is 0 Å². The first-order valence-corrected chi connectivity index (χ1v) is 14.2. The van der Waals surface area contributed by atoms with E-state index < -0.39 is 17.4 Å². The summed E-state index contributed by atoms with van der Waals surface area (Å²) in [5.41, 5.74) is 2.26. The number of likely N-dealkylation sites (N-methyl/N-ethyl adjacent to an activating group) is 1. The van der Waals surface area contributed by atoms with E-state index in [1.54, 1.807) is 37.3 Å². The molecule has 7 rings (SSSR count). The number of alkyl halides is 3. The van der Waals surface area contributed by atoms with Crippen molar-refractivity contribution in [2.24, 2.45) is 0 Å². The van der Waals surface area contributed by atoms with E-state index >= 15 is 0 Å². The summed E-state index contributed by atoms with van der Waals surface area (Å²) in [5, 5.41) is 3.76. The zero-order valence-corrected chi connectivity index (χ0v) is 23.9. The van der Waals surface area contributed by atoms with Gasteiger partial charge in [-0.05, 0) is 63.3 Å². The van der Waals surface area contributed by atoms with Gasteiger partial charge in [-0.1, -0.05) is 12.1 Å². The van der Waals surface area contributed by atoms with Crippen LogP contribution in [0.15, 0.2) is 42.9 Å². The monoisotopic (exact) mass is 590 g/mol. The van der Waals surface area contributed by atoms with Crippen LogP contribution in [0.5, 0.6) is 5.88 Å². The number of aromatic nitrogens is 6. The number of nitrogens with zero attached hydrogens (tertiary/aromatic N) is 8. The number of fused-ring (bicyclic) bond motifs is 1. The largest absolute Gasteiger partial charge is 0.480 e. The Hall–Kier alpha value is -4.55. The van der Waals surface area contributed by atoms with E-state index in [4.69, 9.17) is 9.72 Å². The third kappa shape index (κ3) is 4.48. The highest BCUT2D eigenvalue weighted by atomic mass is 19.4. The molecule has 10 nitrogen and oxygen atoms in total. The Balaban J connectivity index is 1.28. The number of benzene rings is 1. The number of rotatable bonds is 7. The molecule has 3 aromatic heterocycles. The lowest BCUT2D eigenvalue weighted by molar-refractivity contribution is -0.141. The average molecular weight is 591 g/mol. The lowest BCUT2D eigenvalue weighted by Crippen LogP contribution is -2.55. The Morgan fingerprint density at radius 1 is 1.09 bits per heavy atom. The Bertz CT molecular complexity index is 1730. The van der Waals surface area contributed by atoms with Gasteiger partial charge in [-0.15, -0.1) is 0 Å². The minimum Gasteiger partial charge on any atom is -0.480 e. The Labute approximate surface area is 245 Å². The maximum absolute atomic E-state index is 13.8. The van der Waals surface area contributed by atoms with Gasteiger partial charge in [0.05, 0.1) is 24.7 Å². The molecular weight excluding hydrogens is 561 g/mol. The number of aryl methyl sites for hydroxylation is 1. The van der Waals surface area contributed by atoms with Crippen molar-refractivity contribution >= 4 is 17.4 Å². The van der Waals surface area contributed by atoms with Crippen LogP contribution in [0.2, 0.25) is 0 Å². The molecule has 0 atom stereocenters. The van der Waals surface area contributed by atoms with Crippen LogP contribution < -0.4 is 14.5 Å². The zero-order valence-electron chi connectivity index (χ0n) is 23.9. The average Bonchev–Trinajstić information content (AvgIpc) is 3.93. The second kappa shape index (κ2) is 9.75. The Morgan fingerprint density at radius 2 is 1.84 bits per heavy atom. The van der Waals surface area contributed by atoms with Gasteiger partial charge in [-0.3, -0.25) is 4.79 Å². The minimum atomic E-state index is -4.52. The Morgan fingerprint density at radius 3 is 2.44 bits per heavy atom. The maximum Gasteiger partial charge on any atom is 0.435 e. The van der Waals surface area contributed by atoms with Crippen molar-refractivity contribution in [1.82, 2.24) is 29.7 Å². The van der Waals surface area contributed by atoms with Gasteiger partial charge in [-0.25, -0.2) is 24.6 Å². The van der Waals surface area contributed by atoms with Crippen molar-refractivity contribution in [2.45, 2.75) is 63.7 Å². The van der Waals surface area contributed by atoms with Crippen molar-refractivity contribution in [3.8, 4) is 23.0 Å². The summed E-state index contributed by atoms with van der Waals surface area (Å²) in [7, 11) is 1.56. The van der Waals surface area contributed by atoms with Gasteiger partial charge in [0.2, 0.25) is 5.88 Å². The smallest absolute Gasteiger partial charge is 0.435 e. The molecule has 0 N–H and O–H groups in total. The molecule has 13 heteroatoms. The van der Waals surface area contributed by atoms with Gasteiger partial charge in [0.25, 0.3) is 5.91 Å². The number of halogens is 3. The SMILES string of the molecule is CCN1C(=O)C2(CC2)N(Cc2ccc(-n3nc(C(F)(F)F)cc3C)cc2)c2nc(-c3c(OC)ncnc3C3CC3)ncc21. The molecule has 0 saturated heterocycles. The van der Waals surface area contributed by atoms with Crippen LogP contribution in [0.1, 0.15) is 61.2 Å². The van der Waals surface area contributed by atoms with Crippen LogP contribution in [0.4, 0.5) is 24.7 Å². The molecule has 222 valence electrons. The first kappa shape index (κ1) is 27.3. The molecule has 0 bridgehead atoms. The summed E-state index contributed by atoms with van der Waals surface area (Å²) >= 11 is 0. The summed E-state index contributed by atoms with van der Waals surface area (Å²) < 4.78 is 46.5. The summed E-state index contributed by atoms with van der Waals surface area (Å²) in [5.74, 6) is 1.80. The third-order valence-corrected chi connectivity index (χ3v) is 8.42. The number of hydrogen-bond acceptors (Lipinski definition) is 8. The summed E-state index contributed by atoms with van der Waals surface area (Å²) in [6, 6.07) is 8.19. The van der Waals surface area contributed by atoms with Gasteiger partial charge in [0.15, 0.2) is 17.3 Å². The van der Waals surface area contributed by atoms with E-state index in [1.165, 1.54) is 11.0 Å². The van der Waals surface area contributed by atoms with Crippen molar-refractivity contribution in [1.29, 1.82) is 0 Å². The molecule has 2 fully saturated rings. The quantitative estimate of drug-likeness (QED) is 0.288. The van der Waals surface area contributed by atoms with E-state index in [9.17, 15) is 18.0 Å². The number of anilines is 2. The molecule has 1 aliphatic heterocycles. The highest BCUT2D eigenvalue weighted by Crippen LogP contribution is 2.53. The van der Waals surface area contributed by atoms with Crippen molar-refractivity contribution in [3.05, 3.63) is 65.5 Å². The van der Waals surface area contributed by atoms with Crippen LogP contribution in [-0.4, -0.2) is 54.8 Å². The van der Waals surface area contributed by atoms with Crippen LogP contribution >= 0.6 is 0 Å². The molecule has 1 amide bonds. The number of carbonyl (C=O) groups is 1. The molecule has 2 aliphatic carbocycles. The lowest BCUT2D eigenvalue weighted by atomic mass is 10.0. The molecule has 0 unspecified atom stereocenters. The highest BCUT2D eigenvalue weighted by Gasteiger charge is 2.60. The topological polar surface area (TPSA) is 102 Å². The lowest BCUT2D eigenvalue weighted by Gasteiger charge is -2.42. The van der Waals surface area contributed by atoms with E-state index in [0.717, 1.165) is 30.2 Å². The normalized spacial score (nSPS) is 17.4. The molecule has 1 spiro atoms. The standard InChI is InChI=1S/C30H29F3N8O2/c1-4-39-21-14-34-25(23-24(19-7-8-19)35-16-36-27(23)43-3)37-26(21)40(29(11-12-29)28(39)42)15-18-5-9-20(10-6-18)41-17(2)13-22(38-41)30(31,32)33/h5-6,9-10,13-14,16,19H,4,7-8,11-12,15H2,1-3H3. The van der Waals surface area contributed by atoms with Gasteiger partial charge in [0.1, 0.15) is 23.1 Å². The van der Waals surface area contributed by atoms with Crippen LogP contribution in [0.25, 0.3) is 17.1 Å². The predicted molar refractivity (Wildman–Crippen MR) is 151 cm³/mol. The Kier molecular flexibility index (Phi) is 6.19. The van der Waals surface area contributed by atoms with E-state index in [-0.39, 0.29) is 5.91 Å². The number of amides is 1. The number of ether oxygens (including phenoxy) is 1. The van der Waals surface area contributed by atoms with E-state index in [1.807, 2.05) is 24.0 Å². The molecule has 0 radical (unpaired) electrons. The minimum absolute atomic E-state index is 0.0154. The first-order chi connectivity index (χ1) is 20.6. The summed E-state index contributed by atoms with van der Waals surface area (Å²) in [6.07, 6.45) is 2.09. The zero-order chi connectivity index (χ0) is 30.1. The van der Waals surface area contributed by atoms with Crippen molar-refractivity contribution in [2.75, 3.05) is 23.5 Å². The molecule has 2 saturated carbocycles. The van der Waals surface area contributed by atoms with Gasteiger partial charge >= 0.3 is 6.18 Å². The van der Waals surface area contributed by atoms with Crippen LogP contribution in [0, 0.1) is 6.92 Å². The highest BCUT2D eigenvalue weighted by molar-refractivity contribution is 6.09. The maximum atomic E-state index is 13.8. The fourth-order valence-electron chi connectivity index (χ4n) is 5.91. The van der Waals surface area contributed by atoms with Crippen molar-refractivity contribution in [3.63, 3.8) is 0 Å². The molecule has 43 heavy (non-hydrogen) atoms. The number of hydrogen-bond donors (Lipinski definition) is 0. The van der Waals surface area contributed by atoms with Crippen LogP contribution in [-0.2, 0) is 17.5 Å². The summed E-state index contributed by atoms with van der Waals surface area (Å²) in [4.78, 5) is 36.1. The van der Waals surface area contributed by atoms with E-state index in [2.05, 4.69) is 20.1 Å². The molecule has 1 aromatic carbocycles. The fourth-order valence-corrected chi connectivity index (χ4v) is 5.91. The third-order valence-electron chi connectivity index (χ3n) is 8.42. The van der Waals surface area contributed by atoms with Gasteiger partial charge in [0, 0.05) is 24.7 Å². The van der Waals surface area contributed by atoms with Crippen molar-refractivity contribution < 1.29 is 22.7 Å². The first-order valence-electron chi connectivity index (χ1n) is 14.2. The molecule has 4 aromatic rings. The second-order valence-electron chi connectivity index (χ2n) is 11.2. The number of carbonyl (C=O) groups excluding carboxylic acids is 1. The fraction of sp³-hybridized carbons (Fsp3) is 0.400. The molecular formula is C30H29F3N8O2.